The highest BCUT2D eigenvalue weighted by molar-refractivity contribution is 7.92. The quantitative estimate of drug-likeness (QED) is 0.693. The number of hydrogen-bond acceptors (Lipinski definition) is 8. The number of benzene rings is 1. The molecule has 1 heterocycles. The second kappa shape index (κ2) is 9.33. The number of thiophene rings is 1. The van der Waals surface area contributed by atoms with Crippen molar-refractivity contribution in [2.45, 2.75) is 11.8 Å². The van der Waals surface area contributed by atoms with Crippen LogP contribution in [0.25, 0.3) is 0 Å². The third-order valence-corrected chi connectivity index (χ3v) is 5.86. The average molecular weight is 426 g/mol. The molecular weight excluding hydrogens is 408 g/mol. The van der Waals surface area contributed by atoms with Gasteiger partial charge in [-0.25, -0.2) is 13.2 Å². The normalized spacial score (nSPS) is 10.8. The molecule has 11 heteroatoms. The molecule has 2 aromatic rings. The van der Waals surface area contributed by atoms with Crippen LogP contribution in [0.2, 0.25) is 0 Å². The lowest BCUT2D eigenvalue weighted by atomic mass is 10.3. The van der Waals surface area contributed by atoms with Crippen LogP contribution in [0.4, 0.5) is 9.80 Å². The fourth-order valence-corrected chi connectivity index (χ4v) is 4.05. The van der Waals surface area contributed by atoms with Crippen LogP contribution in [0.3, 0.4) is 0 Å². The number of hydrogen-bond donors (Lipinski definition) is 2. The van der Waals surface area contributed by atoms with Crippen LogP contribution in [0.5, 0.6) is 5.75 Å². The summed E-state index contributed by atoms with van der Waals surface area (Å²) in [4.78, 5) is 35.6. The van der Waals surface area contributed by atoms with Gasteiger partial charge in [-0.2, -0.15) is 0 Å². The summed E-state index contributed by atoms with van der Waals surface area (Å²) < 4.78 is 34.3. The monoisotopic (exact) mass is 426 g/mol. The molecule has 150 valence electrons. The Morgan fingerprint density at radius 1 is 1.11 bits per heavy atom. The molecule has 0 aliphatic heterocycles. The van der Waals surface area contributed by atoms with E-state index in [4.69, 9.17) is 4.74 Å². The molecule has 0 fully saturated rings. The van der Waals surface area contributed by atoms with Gasteiger partial charge in [0.15, 0.2) is 9.84 Å². The number of carbonyl (C=O) groups is 3. The topological polar surface area (TPSA) is 128 Å². The molecule has 28 heavy (non-hydrogen) atoms. The number of nitrogens with one attached hydrogen (secondary N) is 2. The Balaban J connectivity index is 2.06. The zero-order valence-corrected chi connectivity index (χ0v) is 16.7. The molecular formula is C17H18N2O7S2. The number of rotatable bonds is 7. The van der Waals surface area contributed by atoms with Crippen LogP contribution >= 0.6 is 11.3 Å². The molecule has 0 atom stereocenters. The van der Waals surface area contributed by atoms with Gasteiger partial charge in [-0.05, 0) is 42.6 Å². The van der Waals surface area contributed by atoms with Crippen molar-refractivity contribution in [2.24, 2.45) is 0 Å². The van der Waals surface area contributed by atoms with Crippen molar-refractivity contribution in [3.63, 3.8) is 0 Å². The van der Waals surface area contributed by atoms with E-state index < -0.39 is 33.5 Å². The lowest BCUT2D eigenvalue weighted by Gasteiger charge is -2.08. The van der Waals surface area contributed by atoms with E-state index in [9.17, 15) is 22.8 Å². The first kappa shape index (κ1) is 21.4. The molecule has 0 bridgehead atoms. The summed E-state index contributed by atoms with van der Waals surface area (Å²) >= 11 is 1.02. The first-order valence-corrected chi connectivity index (χ1v) is 10.5. The molecule has 2 rings (SSSR count). The summed E-state index contributed by atoms with van der Waals surface area (Å²) in [7, 11) is -2.43. The smallest absolute Gasteiger partial charge is 0.414 e. The second-order valence-corrected chi connectivity index (χ2v) is 8.23. The van der Waals surface area contributed by atoms with Crippen molar-refractivity contribution in [1.29, 1.82) is 0 Å². The number of sulfone groups is 1. The summed E-state index contributed by atoms with van der Waals surface area (Å²) in [5, 5.41) is 6.04. The molecule has 0 unspecified atom stereocenters. The van der Waals surface area contributed by atoms with E-state index in [1.807, 2.05) is 5.32 Å². The van der Waals surface area contributed by atoms with E-state index >= 15 is 0 Å². The van der Waals surface area contributed by atoms with Gasteiger partial charge in [-0.3, -0.25) is 14.9 Å². The van der Waals surface area contributed by atoms with Crippen molar-refractivity contribution in [1.82, 2.24) is 5.32 Å². The van der Waals surface area contributed by atoms with E-state index in [0.717, 1.165) is 11.3 Å². The number of anilines is 1. The van der Waals surface area contributed by atoms with Crippen molar-refractivity contribution in [2.75, 3.05) is 24.8 Å². The fraction of sp³-hybridized carbons (Fsp3) is 0.235. The SMILES string of the molecule is CCOC(=O)NC(=O)c1ccsc1NC(=O)CS(=O)(=O)c1ccc(OC)cc1. The molecule has 2 N–H and O–H groups in total. The number of methoxy groups -OCH3 is 1. The highest BCUT2D eigenvalue weighted by Gasteiger charge is 2.22. The predicted octanol–water partition coefficient (Wildman–Crippen LogP) is 2.06. The molecule has 0 radical (unpaired) electrons. The zero-order valence-electron chi connectivity index (χ0n) is 15.1. The summed E-state index contributed by atoms with van der Waals surface area (Å²) in [5.74, 6) is -1.91. The third-order valence-electron chi connectivity index (χ3n) is 3.39. The Morgan fingerprint density at radius 3 is 2.39 bits per heavy atom. The van der Waals surface area contributed by atoms with Gasteiger partial charge in [-0.15, -0.1) is 11.3 Å². The van der Waals surface area contributed by atoms with Crippen LogP contribution in [-0.2, 0) is 19.4 Å². The Bertz CT molecular complexity index is 966. The van der Waals surface area contributed by atoms with E-state index in [-0.39, 0.29) is 22.1 Å². The zero-order chi connectivity index (χ0) is 20.7. The number of ether oxygens (including phenoxy) is 2. The Labute approximate surface area is 165 Å². The Kier molecular flexibility index (Phi) is 7.12. The van der Waals surface area contributed by atoms with Gasteiger partial charge in [0.25, 0.3) is 5.91 Å². The summed E-state index contributed by atoms with van der Waals surface area (Å²) in [5.41, 5.74) is 0.0215. The maximum Gasteiger partial charge on any atom is 0.414 e. The molecule has 0 saturated heterocycles. The number of imide groups is 1. The van der Waals surface area contributed by atoms with Crippen LogP contribution in [-0.4, -0.2) is 45.8 Å². The number of amides is 3. The van der Waals surface area contributed by atoms with Crippen LogP contribution in [0.1, 0.15) is 17.3 Å². The Morgan fingerprint density at radius 2 is 1.79 bits per heavy atom. The largest absolute Gasteiger partial charge is 0.497 e. The molecule has 1 aromatic carbocycles. The average Bonchev–Trinajstić information content (AvgIpc) is 3.09. The highest BCUT2D eigenvalue weighted by Crippen LogP contribution is 2.24. The van der Waals surface area contributed by atoms with E-state index in [2.05, 4.69) is 10.1 Å². The Hall–Kier alpha value is -2.92. The highest BCUT2D eigenvalue weighted by atomic mass is 32.2. The molecule has 9 nitrogen and oxygen atoms in total. The third kappa shape index (κ3) is 5.54. The molecule has 0 spiro atoms. The van der Waals surface area contributed by atoms with Gasteiger partial charge in [0, 0.05) is 0 Å². The minimum Gasteiger partial charge on any atom is -0.497 e. The maximum atomic E-state index is 12.4. The molecule has 1 aromatic heterocycles. The molecule has 0 aliphatic carbocycles. The number of carbonyl (C=O) groups excluding carboxylic acids is 3. The summed E-state index contributed by atoms with van der Waals surface area (Å²) in [6.07, 6.45) is -0.918. The van der Waals surface area contributed by atoms with E-state index in [1.54, 1.807) is 6.92 Å². The van der Waals surface area contributed by atoms with Crippen molar-refractivity contribution in [3.05, 3.63) is 41.3 Å². The first-order valence-electron chi connectivity index (χ1n) is 7.99. The van der Waals surface area contributed by atoms with Gasteiger partial charge in [-0.1, -0.05) is 0 Å². The van der Waals surface area contributed by atoms with Gasteiger partial charge in [0.2, 0.25) is 5.91 Å². The van der Waals surface area contributed by atoms with Gasteiger partial charge >= 0.3 is 6.09 Å². The van der Waals surface area contributed by atoms with Crippen molar-refractivity contribution in [3.8, 4) is 5.75 Å². The van der Waals surface area contributed by atoms with Crippen molar-refractivity contribution >= 4 is 44.1 Å². The minimum absolute atomic E-state index is 0.0215. The second-order valence-electron chi connectivity index (χ2n) is 5.32. The molecule has 0 aliphatic rings. The van der Waals surface area contributed by atoms with Crippen LogP contribution in [0.15, 0.2) is 40.6 Å². The van der Waals surface area contributed by atoms with Crippen LogP contribution in [0, 0.1) is 0 Å². The van der Waals surface area contributed by atoms with Gasteiger partial charge < -0.3 is 14.8 Å². The minimum atomic E-state index is -3.88. The number of alkyl carbamates (subject to hydrolysis) is 1. The molecule has 0 saturated carbocycles. The van der Waals surface area contributed by atoms with Crippen LogP contribution < -0.4 is 15.4 Å². The van der Waals surface area contributed by atoms with Gasteiger partial charge in [0.05, 0.1) is 24.2 Å². The predicted molar refractivity (Wildman–Crippen MR) is 102 cm³/mol. The molecule has 3 amide bonds. The standard InChI is InChI=1S/C17H18N2O7S2/c1-3-26-17(22)19-15(21)13-8-9-27-16(13)18-14(20)10-28(23,24)12-6-4-11(25-2)5-7-12/h4-9H,3,10H2,1-2H3,(H,18,20)(H,19,21,22). The van der Waals surface area contributed by atoms with E-state index in [0.29, 0.717) is 5.75 Å². The van der Waals surface area contributed by atoms with Crippen molar-refractivity contribution < 1.29 is 32.3 Å². The lowest BCUT2D eigenvalue weighted by molar-refractivity contribution is -0.113. The fourth-order valence-electron chi connectivity index (χ4n) is 2.11. The summed E-state index contributed by atoms with van der Waals surface area (Å²) in [6, 6.07) is 7.02. The first-order chi connectivity index (χ1) is 13.3. The van der Waals surface area contributed by atoms with Gasteiger partial charge in [0.1, 0.15) is 16.5 Å². The lowest BCUT2D eigenvalue weighted by Crippen LogP contribution is -2.31. The van der Waals surface area contributed by atoms with E-state index in [1.165, 1.54) is 42.8 Å². The summed E-state index contributed by atoms with van der Waals surface area (Å²) in [6.45, 7) is 1.68. The maximum absolute atomic E-state index is 12.4.